The van der Waals surface area contributed by atoms with E-state index < -0.39 is 5.97 Å². The smallest absolute Gasteiger partial charge is 0.339 e. The van der Waals surface area contributed by atoms with Crippen molar-refractivity contribution >= 4 is 40.2 Å². The van der Waals surface area contributed by atoms with Crippen LogP contribution in [0.3, 0.4) is 0 Å². The third-order valence-corrected chi connectivity index (χ3v) is 5.37. The number of carbonyl (C=O) groups is 2. The molecule has 1 amide bonds. The highest BCUT2D eigenvalue weighted by molar-refractivity contribution is 7.14. The topological polar surface area (TPSA) is 97.1 Å². The summed E-state index contributed by atoms with van der Waals surface area (Å²) in [4.78, 5) is 29.1. The van der Waals surface area contributed by atoms with Crippen LogP contribution < -0.4 is 5.32 Å². The Bertz CT molecular complexity index is 939. The minimum Gasteiger partial charge on any atom is -0.478 e. The molecule has 0 unspecified atom stereocenters. The molecule has 0 spiro atoms. The fourth-order valence-corrected chi connectivity index (χ4v) is 4.11. The Morgan fingerprint density at radius 1 is 1.29 bits per heavy atom. The summed E-state index contributed by atoms with van der Waals surface area (Å²) in [6.45, 7) is 3.58. The van der Waals surface area contributed by atoms with Crippen molar-refractivity contribution in [2.45, 2.75) is 13.8 Å². The van der Waals surface area contributed by atoms with Gasteiger partial charge in [-0.25, -0.2) is 9.78 Å². The molecule has 0 saturated carbocycles. The first-order chi connectivity index (χ1) is 11.4. The molecule has 0 bridgehead atoms. The van der Waals surface area contributed by atoms with Gasteiger partial charge in [-0.1, -0.05) is 0 Å². The number of nitrogens with zero attached hydrogens (tertiary/aromatic N) is 3. The van der Waals surface area contributed by atoms with Gasteiger partial charge in [-0.3, -0.25) is 9.48 Å². The lowest BCUT2D eigenvalue weighted by molar-refractivity contribution is 0.0699. The van der Waals surface area contributed by atoms with Crippen LogP contribution in [-0.2, 0) is 7.05 Å². The Morgan fingerprint density at radius 2 is 2.04 bits per heavy atom. The molecule has 0 fully saturated rings. The third-order valence-electron chi connectivity index (χ3n) is 3.44. The van der Waals surface area contributed by atoms with Crippen molar-refractivity contribution in [1.82, 2.24) is 14.8 Å². The van der Waals surface area contributed by atoms with Crippen LogP contribution in [0.25, 0.3) is 10.6 Å². The molecule has 24 heavy (non-hydrogen) atoms. The van der Waals surface area contributed by atoms with Gasteiger partial charge < -0.3 is 10.4 Å². The summed E-state index contributed by atoms with van der Waals surface area (Å²) in [7, 11) is 1.76. The molecule has 3 rings (SSSR count). The summed E-state index contributed by atoms with van der Waals surface area (Å²) in [6, 6.07) is 1.82. The van der Waals surface area contributed by atoms with Crippen LogP contribution in [0.15, 0.2) is 17.0 Å². The predicted octanol–water partition coefficient (Wildman–Crippen LogP) is 3.17. The van der Waals surface area contributed by atoms with Crippen LogP contribution in [0, 0.1) is 13.8 Å². The van der Waals surface area contributed by atoms with Gasteiger partial charge in [0.15, 0.2) is 0 Å². The van der Waals surface area contributed by atoms with Gasteiger partial charge in [0.1, 0.15) is 10.4 Å². The number of carbonyl (C=O) groups excluding carboxylic acids is 1. The van der Waals surface area contributed by atoms with Gasteiger partial charge in [0.25, 0.3) is 5.91 Å². The molecule has 0 aliphatic rings. The number of carboxylic acids is 1. The lowest BCUT2D eigenvalue weighted by atomic mass is 10.1. The Morgan fingerprint density at radius 3 is 2.58 bits per heavy atom. The standard InChI is InChI=1S/C15H14N4O3S2/c1-7-4-10(19(3)18-7)13-11(15(21)22)9(5-23-13)17-14(20)12-8(2)16-6-24-12/h4-6H,1-3H3,(H,17,20)(H,21,22). The molecule has 3 aromatic rings. The third kappa shape index (κ3) is 2.83. The van der Waals surface area contributed by atoms with Gasteiger partial charge >= 0.3 is 5.97 Å². The van der Waals surface area contributed by atoms with Crippen LogP contribution in [0.2, 0.25) is 0 Å². The zero-order valence-electron chi connectivity index (χ0n) is 13.2. The molecule has 0 atom stereocenters. The van der Waals surface area contributed by atoms with Crippen molar-refractivity contribution in [2.24, 2.45) is 7.05 Å². The molecule has 9 heteroatoms. The van der Waals surface area contributed by atoms with Gasteiger partial charge in [-0.2, -0.15) is 5.10 Å². The largest absolute Gasteiger partial charge is 0.478 e. The number of anilines is 1. The van der Waals surface area contributed by atoms with E-state index >= 15 is 0 Å². The second-order valence-electron chi connectivity index (χ2n) is 5.17. The van der Waals surface area contributed by atoms with Crippen molar-refractivity contribution in [3.05, 3.63) is 38.8 Å². The average Bonchev–Trinajstić information content (AvgIpc) is 3.17. The number of aromatic nitrogens is 3. The fraction of sp³-hybridized carbons (Fsp3) is 0.200. The van der Waals surface area contributed by atoms with Gasteiger partial charge in [0, 0.05) is 12.4 Å². The van der Waals surface area contributed by atoms with Crippen molar-refractivity contribution in [2.75, 3.05) is 5.32 Å². The van der Waals surface area contributed by atoms with E-state index in [-0.39, 0.29) is 17.2 Å². The minimum absolute atomic E-state index is 0.0681. The molecule has 124 valence electrons. The number of carboxylic acid groups (broad SMARTS) is 1. The molecular formula is C15H14N4O3S2. The maximum atomic E-state index is 12.3. The van der Waals surface area contributed by atoms with E-state index in [2.05, 4.69) is 15.4 Å². The Hall–Kier alpha value is -2.52. The maximum absolute atomic E-state index is 12.3. The monoisotopic (exact) mass is 362 g/mol. The summed E-state index contributed by atoms with van der Waals surface area (Å²) in [5.41, 5.74) is 4.04. The molecule has 2 N–H and O–H groups in total. The number of aromatic carboxylic acids is 1. The second-order valence-corrected chi connectivity index (χ2v) is 6.91. The van der Waals surface area contributed by atoms with E-state index in [1.54, 1.807) is 29.5 Å². The van der Waals surface area contributed by atoms with Gasteiger partial charge in [0.05, 0.1) is 33.2 Å². The highest BCUT2D eigenvalue weighted by atomic mass is 32.1. The highest BCUT2D eigenvalue weighted by Crippen LogP contribution is 2.36. The zero-order valence-corrected chi connectivity index (χ0v) is 14.8. The first kappa shape index (κ1) is 16.3. The van der Waals surface area contributed by atoms with E-state index in [9.17, 15) is 14.7 Å². The Kier molecular flexibility index (Phi) is 4.20. The molecule has 0 aliphatic heterocycles. The lowest BCUT2D eigenvalue weighted by Gasteiger charge is -2.05. The first-order valence-electron chi connectivity index (χ1n) is 6.95. The zero-order chi connectivity index (χ0) is 17.4. The second kappa shape index (κ2) is 6.17. The summed E-state index contributed by atoms with van der Waals surface area (Å²) >= 11 is 2.48. The molecule has 0 saturated heterocycles. The number of aryl methyl sites for hydroxylation is 3. The molecule has 3 heterocycles. The van der Waals surface area contributed by atoms with Crippen LogP contribution in [0.1, 0.15) is 31.4 Å². The van der Waals surface area contributed by atoms with Gasteiger partial charge in [-0.15, -0.1) is 22.7 Å². The minimum atomic E-state index is -1.10. The summed E-state index contributed by atoms with van der Waals surface area (Å²) < 4.78 is 1.63. The molecule has 7 nitrogen and oxygen atoms in total. The van der Waals surface area contributed by atoms with Crippen LogP contribution >= 0.6 is 22.7 Å². The number of nitrogens with one attached hydrogen (secondary N) is 1. The molecule has 3 aromatic heterocycles. The number of rotatable bonds is 4. The van der Waals surface area contributed by atoms with Crippen molar-refractivity contribution in [3.8, 4) is 10.6 Å². The number of thiazole rings is 1. The number of hydrogen-bond donors (Lipinski definition) is 2. The van der Waals surface area contributed by atoms with E-state index in [0.717, 1.165) is 5.69 Å². The number of amides is 1. The fourth-order valence-electron chi connectivity index (χ4n) is 2.37. The maximum Gasteiger partial charge on any atom is 0.339 e. The SMILES string of the molecule is Cc1cc(-c2scc(NC(=O)c3scnc3C)c2C(=O)O)n(C)n1. The van der Waals surface area contributed by atoms with Gasteiger partial charge in [-0.05, 0) is 19.9 Å². The number of thiophene rings is 1. The molecule has 0 aromatic carbocycles. The lowest BCUT2D eigenvalue weighted by Crippen LogP contribution is -2.14. The quantitative estimate of drug-likeness (QED) is 0.743. The van der Waals surface area contributed by atoms with Gasteiger partial charge in [0.2, 0.25) is 0 Å². The Balaban J connectivity index is 2.01. The van der Waals surface area contributed by atoms with E-state index in [0.29, 0.717) is 21.1 Å². The van der Waals surface area contributed by atoms with E-state index in [1.165, 1.54) is 22.7 Å². The van der Waals surface area contributed by atoms with Crippen LogP contribution in [0.5, 0.6) is 0 Å². The van der Waals surface area contributed by atoms with Crippen LogP contribution in [0.4, 0.5) is 5.69 Å². The van der Waals surface area contributed by atoms with E-state index in [4.69, 9.17) is 0 Å². The highest BCUT2D eigenvalue weighted by Gasteiger charge is 2.24. The first-order valence-corrected chi connectivity index (χ1v) is 8.71. The normalized spacial score (nSPS) is 10.8. The summed E-state index contributed by atoms with van der Waals surface area (Å²) in [5, 5.41) is 18.2. The molecule has 0 radical (unpaired) electrons. The Labute approximate surface area is 145 Å². The summed E-state index contributed by atoms with van der Waals surface area (Å²) in [6.07, 6.45) is 0. The van der Waals surface area contributed by atoms with Crippen molar-refractivity contribution < 1.29 is 14.7 Å². The van der Waals surface area contributed by atoms with Crippen molar-refractivity contribution in [1.29, 1.82) is 0 Å². The summed E-state index contributed by atoms with van der Waals surface area (Å²) in [5.74, 6) is -1.45. The molecule has 0 aliphatic carbocycles. The average molecular weight is 362 g/mol. The predicted molar refractivity (Wildman–Crippen MR) is 93.0 cm³/mol. The van der Waals surface area contributed by atoms with Crippen molar-refractivity contribution in [3.63, 3.8) is 0 Å². The van der Waals surface area contributed by atoms with Crippen LogP contribution in [-0.4, -0.2) is 31.7 Å². The van der Waals surface area contributed by atoms with E-state index in [1.807, 2.05) is 13.0 Å². The molecular weight excluding hydrogens is 348 g/mol. The number of hydrogen-bond acceptors (Lipinski definition) is 6.